The predicted octanol–water partition coefficient (Wildman–Crippen LogP) is 6.63. The minimum absolute atomic E-state index is 0.000929. The average Bonchev–Trinajstić information content (AvgIpc) is 3.13. The fraction of sp³-hybridized carbons (Fsp3) is 0.500. The summed E-state index contributed by atoms with van der Waals surface area (Å²) in [4.78, 5) is 13.6. The van der Waals surface area contributed by atoms with E-state index in [0.29, 0.717) is 19.4 Å². The summed E-state index contributed by atoms with van der Waals surface area (Å²) in [6.07, 6.45) is 0.824. The number of rotatable bonds is 8. The number of carbonyl (C=O) groups is 1. The smallest absolute Gasteiger partial charge is 0.324 e. The fourth-order valence-electron chi connectivity index (χ4n) is 5.35. The Morgan fingerprint density at radius 1 is 1.21 bits per heavy atom. The molecule has 7 nitrogen and oxygen atoms in total. The van der Waals surface area contributed by atoms with E-state index in [1.807, 2.05) is 13.8 Å². The molecule has 3 rings (SSSR count). The molecule has 210 valence electrons. The third kappa shape index (κ3) is 6.51. The maximum atomic E-state index is 15.7. The van der Waals surface area contributed by atoms with Crippen LogP contribution in [0.3, 0.4) is 0 Å². The van der Waals surface area contributed by atoms with Crippen molar-refractivity contribution < 1.29 is 18.3 Å². The number of hydrogen-bond donors (Lipinski definition) is 2. The largest absolute Gasteiger partial charge is 0.459 e. The highest BCUT2D eigenvalue weighted by atomic mass is 35.5. The standard InChI is InChI=1S/C28H33Cl2F2N5O2/c1-26(2,3)39-25(38)24-22(17-7-6-8-19(30)23(17)32)28(15-33,18-10-9-16(29)13-20(18)31)21(36-24)14-27(4,5)11-12-35-37-34/h6-10,13,21-22,24,36H,11-12,14H2,1-5H3,(H2,34,35)/t21-,22-,24+,28-/m0/s1. The highest BCUT2D eigenvalue weighted by Gasteiger charge is 2.62. The molecule has 0 amide bonds. The van der Waals surface area contributed by atoms with Crippen molar-refractivity contribution >= 4 is 29.2 Å². The first-order valence-electron chi connectivity index (χ1n) is 12.5. The van der Waals surface area contributed by atoms with E-state index in [9.17, 15) is 10.1 Å². The van der Waals surface area contributed by atoms with Crippen LogP contribution in [0.2, 0.25) is 10.0 Å². The molecule has 0 saturated carbocycles. The van der Waals surface area contributed by atoms with E-state index < -0.39 is 52.0 Å². The molecule has 3 N–H and O–H groups in total. The van der Waals surface area contributed by atoms with Crippen LogP contribution in [0, 0.1) is 28.4 Å². The lowest BCUT2D eigenvalue weighted by Gasteiger charge is -2.38. The van der Waals surface area contributed by atoms with Crippen LogP contribution < -0.4 is 11.2 Å². The van der Waals surface area contributed by atoms with E-state index in [1.165, 1.54) is 30.3 Å². The van der Waals surface area contributed by atoms with Gasteiger partial charge >= 0.3 is 5.97 Å². The highest BCUT2D eigenvalue weighted by Crippen LogP contribution is 2.53. The average molecular weight is 581 g/mol. The Balaban J connectivity index is 2.32. The molecule has 0 bridgehead atoms. The molecule has 1 saturated heterocycles. The van der Waals surface area contributed by atoms with Crippen molar-refractivity contribution in [3.63, 3.8) is 0 Å². The van der Waals surface area contributed by atoms with Crippen LogP contribution in [0.1, 0.15) is 64.5 Å². The van der Waals surface area contributed by atoms with Crippen LogP contribution in [0.4, 0.5) is 8.78 Å². The molecule has 4 atom stereocenters. The van der Waals surface area contributed by atoms with Gasteiger partial charge in [-0.15, -0.1) is 0 Å². The van der Waals surface area contributed by atoms with Gasteiger partial charge in [0.05, 0.1) is 17.6 Å². The summed E-state index contributed by atoms with van der Waals surface area (Å²) >= 11 is 12.2. The Morgan fingerprint density at radius 2 is 1.90 bits per heavy atom. The number of nitrogens with zero attached hydrogens (tertiary/aromatic N) is 3. The second kappa shape index (κ2) is 11.7. The molecule has 0 unspecified atom stereocenters. The number of carbonyl (C=O) groups excluding carboxylic acids is 1. The zero-order valence-corrected chi connectivity index (χ0v) is 24.1. The lowest BCUT2D eigenvalue weighted by molar-refractivity contribution is -0.157. The van der Waals surface area contributed by atoms with Crippen molar-refractivity contribution in [1.29, 1.82) is 5.26 Å². The SMILES string of the molecule is CC(C)(CCN=NN)C[C@@H]1N[C@@H](C(=O)OC(C)(C)C)[C@H](c2cccc(Cl)c2F)[C@@]1(C#N)c1ccc(Cl)cc1F. The quantitative estimate of drug-likeness (QED) is 0.158. The van der Waals surface area contributed by atoms with Crippen LogP contribution in [0.5, 0.6) is 0 Å². The van der Waals surface area contributed by atoms with E-state index in [2.05, 4.69) is 21.7 Å². The third-order valence-electron chi connectivity index (χ3n) is 7.02. The van der Waals surface area contributed by atoms with Gasteiger partial charge < -0.3 is 10.6 Å². The topological polar surface area (TPSA) is 113 Å². The minimum Gasteiger partial charge on any atom is -0.459 e. The fourth-order valence-corrected chi connectivity index (χ4v) is 5.69. The lowest BCUT2D eigenvalue weighted by Crippen LogP contribution is -2.45. The van der Waals surface area contributed by atoms with Crippen molar-refractivity contribution in [1.82, 2.24) is 5.32 Å². The van der Waals surface area contributed by atoms with Gasteiger partial charge in [0.1, 0.15) is 28.7 Å². The summed E-state index contributed by atoms with van der Waals surface area (Å²) < 4.78 is 37.1. The van der Waals surface area contributed by atoms with Gasteiger partial charge in [-0.3, -0.25) is 10.1 Å². The van der Waals surface area contributed by atoms with Gasteiger partial charge in [0.15, 0.2) is 0 Å². The molecule has 0 aliphatic carbocycles. The minimum atomic E-state index is -1.76. The first-order valence-corrected chi connectivity index (χ1v) is 13.3. The number of nitriles is 1. The molecule has 11 heteroatoms. The van der Waals surface area contributed by atoms with Gasteiger partial charge in [0.25, 0.3) is 0 Å². The van der Waals surface area contributed by atoms with Crippen LogP contribution in [-0.4, -0.2) is 30.2 Å². The summed E-state index contributed by atoms with van der Waals surface area (Å²) in [5.41, 5.74) is -3.12. The second-order valence-corrected chi connectivity index (χ2v) is 12.4. The van der Waals surface area contributed by atoms with Crippen LogP contribution in [-0.2, 0) is 14.9 Å². The molecule has 1 aliphatic rings. The molecule has 1 heterocycles. The molecule has 2 aromatic carbocycles. The summed E-state index contributed by atoms with van der Waals surface area (Å²) in [6, 6.07) is 8.64. The zero-order chi connectivity index (χ0) is 29.2. The number of nitrogens with one attached hydrogen (secondary N) is 1. The Hall–Kier alpha value is -2.80. The molecule has 0 aromatic heterocycles. The Morgan fingerprint density at radius 3 is 2.49 bits per heavy atom. The van der Waals surface area contributed by atoms with E-state index in [1.54, 1.807) is 20.8 Å². The van der Waals surface area contributed by atoms with Gasteiger partial charge in [-0.1, -0.05) is 60.5 Å². The van der Waals surface area contributed by atoms with Crippen molar-refractivity contribution in [2.45, 2.75) is 76.5 Å². The number of benzene rings is 2. The molecular formula is C28H33Cl2F2N5O2. The zero-order valence-electron chi connectivity index (χ0n) is 22.6. The maximum absolute atomic E-state index is 15.7. The van der Waals surface area contributed by atoms with E-state index in [-0.39, 0.29) is 21.2 Å². The lowest BCUT2D eigenvalue weighted by atomic mass is 9.62. The van der Waals surface area contributed by atoms with Gasteiger partial charge in [-0.05, 0) is 62.8 Å². The van der Waals surface area contributed by atoms with Gasteiger partial charge in [-0.25, -0.2) is 8.78 Å². The normalized spacial score (nSPS) is 23.6. The van der Waals surface area contributed by atoms with Crippen molar-refractivity contribution in [2.75, 3.05) is 6.54 Å². The Kier molecular flexibility index (Phi) is 9.26. The van der Waals surface area contributed by atoms with E-state index in [4.69, 9.17) is 33.8 Å². The molecule has 0 spiro atoms. The number of halogens is 4. The van der Waals surface area contributed by atoms with E-state index >= 15 is 8.78 Å². The van der Waals surface area contributed by atoms with Crippen molar-refractivity contribution in [3.8, 4) is 6.07 Å². The molecule has 1 fully saturated rings. The number of hydrogen-bond acceptors (Lipinski definition) is 6. The first-order chi connectivity index (χ1) is 18.2. The van der Waals surface area contributed by atoms with Gasteiger partial charge in [0.2, 0.25) is 0 Å². The summed E-state index contributed by atoms with van der Waals surface area (Å²) in [5, 5.41) is 21.3. The van der Waals surface area contributed by atoms with E-state index in [0.717, 1.165) is 6.07 Å². The number of ether oxygens (including phenoxy) is 1. The highest BCUT2D eigenvalue weighted by molar-refractivity contribution is 6.31. The molecule has 2 aromatic rings. The number of nitrogens with two attached hydrogens (primary N) is 1. The first kappa shape index (κ1) is 30.7. The van der Waals surface area contributed by atoms with Crippen LogP contribution >= 0.6 is 23.2 Å². The third-order valence-corrected chi connectivity index (χ3v) is 7.55. The second-order valence-electron chi connectivity index (χ2n) is 11.6. The monoisotopic (exact) mass is 579 g/mol. The number of esters is 1. The molecule has 39 heavy (non-hydrogen) atoms. The maximum Gasteiger partial charge on any atom is 0.324 e. The van der Waals surface area contributed by atoms with Gasteiger partial charge in [-0.2, -0.15) is 10.4 Å². The summed E-state index contributed by atoms with van der Waals surface area (Å²) in [7, 11) is 0. The molecular weight excluding hydrogens is 547 g/mol. The summed E-state index contributed by atoms with van der Waals surface area (Å²) in [6.45, 7) is 9.36. The van der Waals surface area contributed by atoms with Crippen LogP contribution in [0.15, 0.2) is 46.7 Å². The van der Waals surface area contributed by atoms with Crippen LogP contribution in [0.25, 0.3) is 0 Å². The summed E-state index contributed by atoms with van der Waals surface area (Å²) in [5.74, 6) is 1.72. The van der Waals surface area contributed by atoms with Crippen molar-refractivity contribution in [2.24, 2.45) is 21.6 Å². The molecule has 0 radical (unpaired) electrons. The molecule has 1 aliphatic heterocycles. The Bertz CT molecular complexity index is 1290. The predicted molar refractivity (Wildman–Crippen MR) is 146 cm³/mol. The Labute approximate surface area is 237 Å². The van der Waals surface area contributed by atoms with Gasteiger partial charge in [0, 0.05) is 22.5 Å². The van der Waals surface area contributed by atoms with Crippen molar-refractivity contribution in [3.05, 3.63) is 69.2 Å².